The van der Waals surface area contributed by atoms with Gasteiger partial charge in [-0.3, -0.25) is 0 Å². The zero-order valence-electron chi connectivity index (χ0n) is 19.4. The van der Waals surface area contributed by atoms with Crippen LogP contribution in [0.2, 0.25) is 18.1 Å². The third-order valence-corrected chi connectivity index (χ3v) is 11.7. The van der Waals surface area contributed by atoms with Gasteiger partial charge >= 0.3 is 5.97 Å². The zero-order valence-corrected chi connectivity index (χ0v) is 20.4. The highest BCUT2D eigenvalue weighted by Crippen LogP contribution is 2.48. The Morgan fingerprint density at radius 3 is 2.30 bits per heavy atom. The first-order valence-electron chi connectivity index (χ1n) is 10.9. The molecule has 1 N–H and O–H groups in total. The standard InChI is InChI=1S/C23H44O3Si/c1-10-12-14-23(7)15-13-19(17(3)18(11-2)21(24)25)20(16-23)26-27(8,9)22(4,5)6/h19-20H,10-16H2,1-9H3,(H,24,25)/b18-17-. The Bertz CT molecular complexity index is 544. The molecule has 0 aromatic rings. The van der Waals surface area contributed by atoms with Crippen LogP contribution in [0.15, 0.2) is 11.1 Å². The van der Waals surface area contributed by atoms with Crippen LogP contribution in [0.3, 0.4) is 0 Å². The van der Waals surface area contributed by atoms with Crippen LogP contribution in [-0.2, 0) is 9.22 Å². The van der Waals surface area contributed by atoms with Gasteiger partial charge in [-0.2, -0.15) is 0 Å². The molecule has 1 aliphatic rings. The Kier molecular flexibility index (Phi) is 8.37. The van der Waals surface area contributed by atoms with Gasteiger partial charge in [-0.15, -0.1) is 0 Å². The largest absolute Gasteiger partial charge is 0.478 e. The van der Waals surface area contributed by atoms with Gasteiger partial charge in [0, 0.05) is 11.5 Å². The molecule has 1 saturated carbocycles. The summed E-state index contributed by atoms with van der Waals surface area (Å²) in [4.78, 5) is 11.7. The molecule has 158 valence electrons. The fourth-order valence-electron chi connectivity index (χ4n) is 4.25. The summed E-state index contributed by atoms with van der Waals surface area (Å²) in [7, 11) is -1.92. The molecule has 0 bridgehead atoms. The van der Waals surface area contributed by atoms with Crippen molar-refractivity contribution in [2.45, 2.75) is 118 Å². The normalized spacial score (nSPS) is 28.0. The SMILES string of the molecule is CCCCC1(C)CCC(/C(C)=C(/CC)C(=O)O)C(O[Si](C)(C)C(C)(C)C)C1. The topological polar surface area (TPSA) is 46.5 Å². The maximum absolute atomic E-state index is 11.7. The summed E-state index contributed by atoms with van der Waals surface area (Å²) in [5.74, 6) is -0.528. The molecule has 3 atom stereocenters. The second kappa shape index (κ2) is 9.26. The third-order valence-electron chi connectivity index (χ3n) is 7.23. The zero-order chi connectivity index (χ0) is 21.0. The molecule has 0 heterocycles. The number of carboxylic acids is 1. The molecular weight excluding hydrogens is 352 g/mol. The van der Waals surface area contributed by atoms with Gasteiger partial charge in [0.25, 0.3) is 0 Å². The Labute approximate surface area is 169 Å². The minimum absolute atomic E-state index is 0.141. The molecule has 3 unspecified atom stereocenters. The van der Waals surface area contributed by atoms with Gasteiger partial charge in [0.2, 0.25) is 0 Å². The Morgan fingerprint density at radius 2 is 1.85 bits per heavy atom. The molecule has 0 spiro atoms. The third kappa shape index (κ3) is 6.18. The molecule has 0 aliphatic heterocycles. The Morgan fingerprint density at radius 1 is 1.26 bits per heavy atom. The predicted octanol–water partition coefficient (Wildman–Crippen LogP) is 7.18. The quantitative estimate of drug-likeness (QED) is 0.349. The smallest absolute Gasteiger partial charge is 0.331 e. The van der Waals surface area contributed by atoms with Crippen molar-refractivity contribution < 1.29 is 14.3 Å². The fourth-order valence-corrected chi connectivity index (χ4v) is 5.61. The van der Waals surface area contributed by atoms with E-state index in [0.717, 1.165) is 18.4 Å². The lowest BCUT2D eigenvalue weighted by molar-refractivity contribution is -0.132. The van der Waals surface area contributed by atoms with Gasteiger partial charge < -0.3 is 9.53 Å². The molecule has 0 aromatic heterocycles. The second-order valence-corrected chi connectivity index (χ2v) is 15.3. The lowest BCUT2D eigenvalue weighted by Gasteiger charge is -2.48. The average Bonchev–Trinajstić information content (AvgIpc) is 2.52. The Hall–Kier alpha value is -0.613. The van der Waals surface area contributed by atoms with Crippen molar-refractivity contribution in [2.24, 2.45) is 11.3 Å². The number of hydrogen-bond acceptors (Lipinski definition) is 2. The van der Waals surface area contributed by atoms with E-state index in [-0.39, 0.29) is 17.1 Å². The van der Waals surface area contributed by atoms with Crippen LogP contribution in [0, 0.1) is 11.3 Å². The highest BCUT2D eigenvalue weighted by atomic mass is 28.4. The number of carboxylic acid groups (broad SMARTS) is 1. The molecule has 3 nitrogen and oxygen atoms in total. The Balaban J connectivity index is 3.23. The number of carbonyl (C=O) groups is 1. The summed E-state index contributed by atoms with van der Waals surface area (Å²) < 4.78 is 6.94. The summed E-state index contributed by atoms with van der Waals surface area (Å²) in [6.45, 7) is 20.1. The van der Waals surface area contributed by atoms with Crippen LogP contribution in [0.25, 0.3) is 0 Å². The van der Waals surface area contributed by atoms with Crippen LogP contribution in [0.1, 0.15) is 93.4 Å². The van der Waals surface area contributed by atoms with E-state index in [9.17, 15) is 9.90 Å². The first-order chi connectivity index (χ1) is 12.3. The van der Waals surface area contributed by atoms with Crippen molar-refractivity contribution >= 4 is 14.3 Å². The summed E-state index contributed by atoms with van der Waals surface area (Å²) in [6.07, 6.45) is 7.72. The van der Waals surface area contributed by atoms with Crippen molar-refractivity contribution in [3.63, 3.8) is 0 Å². The highest BCUT2D eigenvalue weighted by Gasteiger charge is 2.45. The van der Waals surface area contributed by atoms with Crippen LogP contribution < -0.4 is 0 Å². The van der Waals surface area contributed by atoms with Crippen molar-refractivity contribution in [2.75, 3.05) is 0 Å². The average molecular weight is 397 g/mol. The van der Waals surface area contributed by atoms with E-state index >= 15 is 0 Å². The predicted molar refractivity (Wildman–Crippen MR) is 118 cm³/mol. The molecule has 0 radical (unpaired) electrons. The molecule has 0 amide bonds. The molecule has 27 heavy (non-hydrogen) atoms. The maximum atomic E-state index is 11.7. The van der Waals surface area contributed by atoms with E-state index in [1.807, 2.05) is 13.8 Å². The van der Waals surface area contributed by atoms with E-state index in [0.29, 0.717) is 17.4 Å². The molecule has 0 saturated heterocycles. The summed E-state index contributed by atoms with van der Waals surface area (Å²) in [6, 6.07) is 0. The van der Waals surface area contributed by atoms with Gasteiger partial charge in [0.05, 0.1) is 6.10 Å². The molecule has 1 fully saturated rings. The summed E-state index contributed by atoms with van der Waals surface area (Å²) in [5, 5.41) is 9.81. The molecule has 0 aromatic carbocycles. The van der Waals surface area contributed by atoms with Crippen LogP contribution in [-0.4, -0.2) is 25.5 Å². The number of aliphatic carboxylic acids is 1. The lowest BCUT2D eigenvalue weighted by Crippen LogP contribution is -2.49. The fraction of sp³-hybridized carbons (Fsp3) is 0.870. The first-order valence-corrected chi connectivity index (χ1v) is 13.8. The van der Waals surface area contributed by atoms with Crippen LogP contribution in [0.4, 0.5) is 0 Å². The van der Waals surface area contributed by atoms with Gasteiger partial charge in [0.15, 0.2) is 8.32 Å². The molecule has 4 heteroatoms. The number of rotatable bonds is 8. The van der Waals surface area contributed by atoms with E-state index in [1.54, 1.807) is 0 Å². The minimum Gasteiger partial charge on any atom is -0.478 e. The van der Waals surface area contributed by atoms with Crippen LogP contribution in [0.5, 0.6) is 0 Å². The van der Waals surface area contributed by atoms with Gasteiger partial charge in [-0.25, -0.2) is 4.79 Å². The van der Waals surface area contributed by atoms with E-state index in [2.05, 4.69) is 47.7 Å². The molecule has 1 aliphatic carbocycles. The summed E-state index contributed by atoms with van der Waals surface area (Å²) in [5.41, 5.74) is 1.95. The highest BCUT2D eigenvalue weighted by molar-refractivity contribution is 6.74. The monoisotopic (exact) mass is 396 g/mol. The van der Waals surface area contributed by atoms with Gasteiger partial charge in [-0.1, -0.05) is 60.0 Å². The molecular formula is C23H44O3Si. The molecule has 1 rings (SSSR count). The van der Waals surface area contributed by atoms with Crippen molar-refractivity contribution in [3.8, 4) is 0 Å². The van der Waals surface area contributed by atoms with Crippen molar-refractivity contribution in [3.05, 3.63) is 11.1 Å². The van der Waals surface area contributed by atoms with Crippen molar-refractivity contribution in [1.82, 2.24) is 0 Å². The van der Waals surface area contributed by atoms with E-state index in [1.165, 1.54) is 25.7 Å². The number of unbranched alkanes of at least 4 members (excludes halogenated alkanes) is 1. The number of hydrogen-bond donors (Lipinski definition) is 1. The van der Waals surface area contributed by atoms with E-state index < -0.39 is 14.3 Å². The first kappa shape index (κ1) is 24.4. The van der Waals surface area contributed by atoms with Crippen LogP contribution >= 0.6 is 0 Å². The van der Waals surface area contributed by atoms with Gasteiger partial charge in [0.1, 0.15) is 0 Å². The maximum Gasteiger partial charge on any atom is 0.331 e. The lowest BCUT2D eigenvalue weighted by atomic mass is 9.66. The van der Waals surface area contributed by atoms with Crippen molar-refractivity contribution in [1.29, 1.82) is 0 Å². The minimum atomic E-state index is -1.92. The summed E-state index contributed by atoms with van der Waals surface area (Å²) >= 11 is 0. The second-order valence-electron chi connectivity index (χ2n) is 10.5. The van der Waals surface area contributed by atoms with E-state index in [4.69, 9.17) is 4.43 Å². The van der Waals surface area contributed by atoms with Gasteiger partial charge in [-0.05, 0) is 62.6 Å².